The van der Waals surface area contributed by atoms with Crippen molar-refractivity contribution in [3.8, 4) is 5.75 Å². The molecule has 0 radical (unpaired) electrons. The van der Waals surface area contributed by atoms with Crippen LogP contribution < -0.4 is 4.74 Å². The van der Waals surface area contributed by atoms with E-state index in [-0.39, 0.29) is 11.7 Å². The molecule has 0 unspecified atom stereocenters. The molecule has 0 saturated carbocycles. The van der Waals surface area contributed by atoms with Crippen molar-refractivity contribution in [3.05, 3.63) is 69.7 Å². The maximum Gasteiger partial charge on any atom is 0.336 e. The lowest BCUT2D eigenvalue weighted by Crippen LogP contribution is -2.40. The standard InChI is InChI=1S/C20H17Cl2NO4/c21-15-7-5-14(17(22)13-15)6-8-19(24)27-18-4-2-1-3-16(18)20(25)23-9-11-26-12-10-23/h1-8,13H,9-12H2/b8-6+. The lowest BCUT2D eigenvalue weighted by Gasteiger charge is -2.27. The number of carbonyl (C=O) groups is 2. The first-order chi connectivity index (χ1) is 13.0. The summed E-state index contributed by atoms with van der Waals surface area (Å²) in [5, 5.41) is 0.935. The van der Waals surface area contributed by atoms with Gasteiger partial charge in [0.05, 0.1) is 18.8 Å². The highest BCUT2D eigenvalue weighted by Crippen LogP contribution is 2.23. The molecule has 1 aliphatic rings. The summed E-state index contributed by atoms with van der Waals surface area (Å²) in [6.45, 7) is 2.02. The van der Waals surface area contributed by atoms with Crippen LogP contribution in [0, 0.1) is 0 Å². The van der Waals surface area contributed by atoms with Crippen molar-refractivity contribution in [1.82, 2.24) is 4.90 Å². The summed E-state index contributed by atoms with van der Waals surface area (Å²) in [4.78, 5) is 26.6. The van der Waals surface area contributed by atoms with Gasteiger partial charge in [-0.25, -0.2) is 4.79 Å². The highest BCUT2D eigenvalue weighted by molar-refractivity contribution is 6.35. The van der Waals surface area contributed by atoms with Crippen molar-refractivity contribution in [1.29, 1.82) is 0 Å². The predicted molar refractivity (Wildman–Crippen MR) is 104 cm³/mol. The average molecular weight is 406 g/mol. The summed E-state index contributed by atoms with van der Waals surface area (Å²) in [6.07, 6.45) is 2.79. The quantitative estimate of drug-likeness (QED) is 0.436. The first-order valence-electron chi connectivity index (χ1n) is 8.35. The van der Waals surface area contributed by atoms with Gasteiger partial charge in [0.15, 0.2) is 0 Å². The zero-order valence-corrected chi connectivity index (χ0v) is 15.9. The zero-order chi connectivity index (χ0) is 19.2. The van der Waals surface area contributed by atoms with Gasteiger partial charge in [-0.3, -0.25) is 4.79 Å². The Morgan fingerprint density at radius 1 is 1.07 bits per heavy atom. The average Bonchev–Trinajstić information content (AvgIpc) is 2.68. The Balaban J connectivity index is 1.72. The first kappa shape index (κ1) is 19.4. The molecule has 140 valence electrons. The second-order valence-corrected chi connectivity index (χ2v) is 6.66. The van der Waals surface area contributed by atoms with E-state index in [9.17, 15) is 9.59 Å². The van der Waals surface area contributed by atoms with Crippen LogP contribution in [-0.4, -0.2) is 43.1 Å². The van der Waals surface area contributed by atoms with Crippen LogP contribution in [-0.2, 0) is 9.53 Å². The molecule has 2 aromatic carbocycles. The van der Waals surface area contributed by atoms with Gasteiger partial charge < -0.3 is 14.4 Å². The molecule has 1 fully saturated rings. The fraction of sp³-hybridized carbons (Fsp3) is 0.200. The largest absolute Gasteiger partial charge is 0.423 e. The molecule has 7 heteroatoms. The number of carbonyl (C=O) groups excluding carboxylic acids is 2. The molecule has 27 heavy (non-hydrogen) atoms. The minimum atomic E-state index is -0.608. The Bertz CT molecular complexity index is 876. The smallest absolute Gasteiger partial charge is 0.336 e. The predicted octanol–water partition coefficient (Wildman–Crippen LogP) is 4.08. The number of rotatable bonds is 4. The summed E-state index contributed by atoms with van der Waals surface area (Å²) >= 11 is 11.9. The van der Waals surface area contributed by atoms with Crippen LogP contribution >= 0.6 is 23.2 Å². The molecule has 1 heterocycles. The molecular formula is C20H17Cl2NO4. The number of esters is 1. The number of halogens is 2. The summed E-state index contributed by atoms with van der Waals surface area (Å²) in [5.74, 6) is -0.583. The molecule has 0 bridgehead atoms. The number of benzene rings is 2. The van der Waals surface area contributed by atoms with Gasteiger partial charge in [0.25, 0.3) is 5.91 Å². The van der Waals surface area contributed by atoms with E-state index in [0.29, 0.717) is 47.5 Å². The van der Waals surface area contributed by atoms with Crippen molar-refractivity contribution in [2.75, 3.05) is 26.3 Å². The third-order valence-corrected chi connectivity index (χ3v) is 4.55. The lowest BCUT2D eigenvalue weighted by atomic mass is 10.1. The van der Waals surface area contributed by atoms with Gasteiger partial charge in [-0.15, -0.1) is 0 Å². The number of hydrogen-bond acceptors (Lipinski definition) is 4. The van der Waals surface area contributed by atoms with Crippen LogP contribution in [0.25, 0.3) is 6.08 Å². The van der Waals surface area contributed by atoms with Crippen LogP contribution in [0.3, 0.4) is 0 Å². The van der Waals surface area contributed by atoms with Gasteiger partial charge in [-0.1, -0.05) is 41.4 Å². The minimum absolute atomic E-state index is 0.188. The van der Waals surface area contributed by atoms with Crippen LogP contribution in [0.5, 0.6) is 5.75 Å². The Hall–Kier alpha value is -2.34. The van der Waals surface area contributed by atoms with Crippen molar-refractivity contribution in [3.63, 3.8) is 0 Å². The molecule has 0 aromatic heterocycles. The van der Waals surface area contributed by atoms with E-state index in [2.05, 4.69) is 0 Å². The Morgan fingerprint density at radius 3 is 2.56 bits per heavy atom. The Kier molecular flexibility index (Phi) is 6.50. The third kappa shape index (κ3) is 5.10. The number of para-hydroxylation sites is 1. The molecule has 0 spiro atoms. The van der Waals surface area contributed by atoms with E-state index < -0.39 is 5.97 Å². The highest BCUT2D eigenvalue weighted by Gasteiger charge is 2.22. The van der Waals surface area contributed by atoms with E-state index in [1.165, 1.54) is 12.2 Å². The maximum absolute atomic E-state index is 12.7. The van der Waals surface area contributed by atoms with E-state index in [4.69, 9.17) is 32.7 Å². The van der Waals surface area contributed by atoms with Gasteiger partial charge >= 0.3 is 5.97 Å². The number of amides is 1. The topological polar surface area (TPSA) is 55.8 Å². The summed E-state index contributed by atoms with van der Waals surface area (Å²) in [6, 6.07) is 11.6. The van der Waals surface area contributed by atoms with Crippen LogP contribution in [0.2, 0.25) is 10.0 Å². The summed E-state index contributed by atoms with van der Waals surface area (Å²) in [7, 11) is 0. The van der Waals surface area contributed by atoms with E-state index in [1.807, 2.05) is 0 Å². The monoisotopic (exact) mass is 405 g/mol. The highest BCUT2D eigenvalue weighted by atomic mass is 35.5. The molecule has 3 rings (SSSR count). The molecular weight excluding hydrogens is 389 g/mol. The van der Waals surface area contributed by atoms with Gasteiger partial charge in [0.2, 0.25) is 0 Å². The van der Waals surface area contributed by atoms with E-state index >= 15 is 0 Å². The zero-order valence-electron chi connectivity index (χ0n) is 14.4. The van der Waals surface area contributed by atoms with Crippen molar-refractivity contribution >= 4 is 41.2 Å². The fourth-order valence-electron chi connectivity index (χ4n) is 2.61. The summed E-state index contributed by atoms with van der Waals surface area (Å²) < 4.78 is 10.6. The Morgan fingerprint density at radius 2 is 1.81 bits per heavy atom. The van der Waals surface area contributed by atoms with Crippen LogP contribution in [0.15, 0.2) is 48.5 Å². The normalized spacial score (nSPS) is 14.4. The Labute approximate surface area is 167 Å². The number of nitrogens with zero attached hydrogens (tertiary/aromatic N) is 1. The minimum Gasteiger partial charge on any atom is -0.423 e. The molecule has 1 aliphatic heterocycles. The van der Waals surface area contributed by atoms with Crippen molar-refractivity contribution in [2.24, 2.45) is 0 Å². The second kappa shape index (κ2) is 9.04. The molecule has 5 nitrogen and oxygen atoms in total. The number of hydrogen-bond donors (Lipinski definition) is 0. The van der Waals surface area contributed by atoms with Gasteiger partial charge in [0.1, 0.15) is 5.75 Å². The summed E-state index contributed by atoms with van der Waals surface area (Å²) in [5.41, 5.74) is 0.973. The molecule has 0 atom stereocenters. The van der Waals surface area contributed by atoms with Gasteiger partial charge in [0, 0.05) is 29.2 Å². The van der Waals surface area contributed by atoms with Crippen LogP contribution in [0.1, 0.15) is 15.9 Å². The first-order valence-corrected chi connectivity index (χ1v) is 9.11. The third-order valence-electron chi connectivity index (χ3n) is 3.99. The molecule has 2 aromatic rings. The number of ether oxygens (including phenoxy) is 2. The number of morpholine rings is 1. The molecule has 0 N–H and O–H groups in total. The molecule has 1 amide bonds. The second-order valence-electron chi connectivity index (χ2n) is 5.82. The van der Waals surface area contributed by atoms with E-state index in [0.717, 1.165) is 0 Å². The van der Waals surface area contributed by atoms with Crippen molar-refractivity contribution < 1.29 is 19.1 Å². The van der Waals surface area contributed by atoms with Gasteiger partial charge in [-0.2, -0.15) is 0 Å². The van der Waals surface area contributed by atoms with E-state index in [1.54, 1.807) is 47.4 Å². The molecule has 0 aliphatic carbocycles. The van der Waals surface area contributed by atoms with Crippen molar-refractivity contribution in [2.45, 2.75) is 0 Å². The fourth-order valence-corrected chi connectivity index (χ4v) is 3.08. The van der Waals surface area contributed by atoms with Crippen LogP contribution in [0.4, 0.5) is 0 Å². The lowest BCUT2D eigenvalue weighted by molar-refractivity contribution is -0.128. The SMILES string of the molecule is O=C(/C=C/c1ccc(Cl)cc1Cl)Oc1ccccc1C(=O)N1CCOCC1. The maximum atomic E-state index is 12.7. The van der Waals surface area contributed by atoms with Gasteiger partial charge in [-0.05, 0) is 35.9 Å². The molecule has 1 saturated heterocycles.